The minimum absolute atomic E-state index is 0.990. The summed E-state index contributed by atoms with van der Waals surface area (Å²) in [6.45, 7) is 0. The van der Waals surface area contributed by atoms with E-state index in [0.717, 1.165) is 38.5 Å². The molecule has 48 heavy (non-hydrogen) atoms. The van der Waals surface area contributed by atoms with Crippen LogP contribution in [-0.2, 0) is 0 Å². The summed E-state index contributed by atoms with van der Waals surface area (Å²) in [4.78, 5) is 14.4. The third-order valence-corrected chi connectivity index (χ3v) is 9.73. The van der Waals surface area contributed by atoms with Gasteiger partial charge in [0, 0.05) is 52.3 Å². The molecule has 0 aliphatic rings. The highest BCUT2D eigenvalue weighted by molar-refractivity contribution is 6.27. The zero-order valence-electron chi connectivity index (χ0n) is 25.9. The molecular formula is C45H27N3. The van der Waals surface area contributed by atoms with Crippen LogP contribution < -0.4 is 0 Å². The van der Waals surface area contributed by atoms with Crippen LogP contribution >= 0.6 is 0 Å². The molecule has 0 amide bonds. The number of hydrogen-bond acceptors (Lipinski definition) is 3. The van der Waals surface area contributed by atoms with Gasteiger partial charge >= 0.3 is 0 Å². The topological polar surface area (TPSA) is 38.7 Å². The summed E-state index contributed by atoms with van der Waals surface area (Å²) in [6, 6.07) is 50.1. The van der Waals surface area contributed by atoms with Crippen LogP contribution in [0.25, 0.3) is 98.3 Å². The second kappa shape index (κ2) is 10.5. The Morgan fingerprint density at radius 2 is 0.875 bits per heavy atom. The molecule has 0 atom stereocenters. The second-order valence-electron chi connectivity index (χ2n) is 12.5. The van der Waals surface area contributed by atoms with E-state index >= 15 is 0 Å². The van der Waals surface area contributed by atoms with Gasteiger partial charge in [-0.1, -0.05) is 91.0 Å². The van der Waals surface area contributed by atoms with Gasteiger partial charge in [-0.15, -0.1) is 0 Å². The van der Waals surface area contributed by atoms with Crippen molar-refractivity contribution in [2.24, 2.45) is 0 Å². The van der Waals surface area contributed by atoms with Crippen LogP contribution in [0, 0.1) is 0 Å². The molecule has 0 saturated heterocycles. The fraction of sp³-hybridized carbons (Fsp3) is 0. The number of fused-ring (bicyclic) bond motifs is 7. The Bertz CT molecular complexity index is 2890. The number of nitrogens with zero attached hydrogens (tertiary/aromatic N) is 3. The Hall–Kier alpha value is -6.45. The van der Waals surface area contributed by atoms with E-state index in [-0.39, 0.29) is 0 Å². The van der Waals surface area contributed by atoms with Crippen LogP contribution in [0.15, 0.2) is 164 Å². The van der Waals surface area contributed by atoms with Crippen molar-refractivity contribution in [2.45, 2.75) is 0 Å². The fourth-order valence-electron chi connectivity index (χ4n) is 7.57. The lowest BCUT2D eigenvalue weighted by Gasteiger charge is -2.20. The SMILES string of the molecule is c1cncc(-c2cc3ccccc3c3cc4c(-c5cnc6ccccc6c5)c5ccccc5c(-c5cnc6ccccc6c5)c4cc23)c1. The molecule has 0 bridgehead atoms. The summed E-state index contributed by atoms with van der Waals surface area (Å²) in [6.07, 6.45) is 7.88. The van der Waals surface area contributed by atoms with E-state index < -0.39 is 0 Å². The predicted octanol–water partition coefficient (Wildman–Crippen LogP) is 11.8. The first-order chi connectivity index (χ1) is 23.8. The van der Waals surface area contributed by atoms with E-state index in [1.54, 1.807) is 0 Å². The standard InChI is InChI=1S/C45H27N3/c1-4-14-34-28(10-1)22-37(31-13-9-19-46-25-31)39-24-41-40(23-38(34)39)44(32-20-29-11-2-7-17-42(29)47-26-32)35-15-5-6-16-36(35)45(41)33-21-30-12-3-8-18-43(30)48-27-33/h1-27H. The Balaban J connectivity index is 1.43. The first-order valence-corrected chi connectivity index (χ1v) is 16.2. The normalized spacial score (nSPS) is 11.8. The molecule has 10 rings (SSSR count). The monoisotopic (exact) mass is 609 g/mol. The third kappa shape index (κ3) is 4.11. The number of benzene rings is 7. The van der Waals surface area contributed by atoms with E-state index in [1.165, 1.54) is 59.8 Å². The summed E-state index contributed by atoms with van der Waals surface area (Å²) < 4.78 is 0. The molecule has 7 aromatic carbocycles. The second-order valence-corrected chi connectivity index (χ2v) is 12.5. The summed E-state index contributed by atoms with van der Waals surface area (Å²) in [5.41, 5.74) is 8.82. The van der Waals surface area contributed by atoms with Gasteiger partial charge in [0.15, 0.2) is 0 Å². The molecule has 0 spiro atoms. The van der Waals surface area contributed by atoms with Crippen molar-refractivity contribution in [3.05, 3.63) is 164 Å². The van der Waals surface area contributed by atoms with Crippen molar-refractivity contribution in [2.75, 3.05) is 0 Å². The van der Waals surface area contributed by atoms with Gasteiger partial charge in [0.05, 0.1) is 11.0 Å². The number of aromatic nitrogens is 3. The van der Waals surface area contributed by atoms with Crippen molar-refractivity contribution in [1.29, 1.82) is 0 Å². The molecule has 0 saturated carbocycles. The highest BCUT2D eigenvalue weighted by atomic mass is 14.7. The van der Waals surface area contributed by atoms with Crippen molar-refractivity contribution in [1.82, 2.24) is 15.0 Å². The smallest absolute Gasteiger partial charge is 0.0702 e. The molecule has 3 heterocycles. The summed E-state index contributed by atoms with van der Waals surface area (Å²) >= 11 is 0. The quantitative estimate of drug-likeness (QED) is 0.148. The van der Waals surface area contributed by atoms with Gasteiger partial charge in [0.1, 0.15) is 0 Å². The predicted molar refractivity (Wildman–Crippen MR) is 201 cm³/mol. The van der Waals surface area contributed by atoms with Gasteiger partial charge in [-0.3, -0.25) is 15.0 Å². The number of hydrogen-bond donors (Lipinski definition) is 0. The van der Waals surface area contributed by atoms with E-state index in [4.69, 9.17) is 9.97 Å². The number of pyridine rings is 3. The summed E-state index contributed by atoms with van der Waals surface area (Å²) in [5.74, 6) is 0. The summed E-state index contributed by atoms with van der Waals surface area (Å²) in [7, 11) is 0. The molecule has 3 nitrogen and oxygen atoms in total. The molecule has 10 aromatic rings. The van der Waals surface area contributed by atoms with Crippen LogP contribution in [0.3, 0.4) is 0 Å². The molecule has 3 aromatic heterocycles. The van der Waals surface area contributed by atoms with E-state index in [9.17, 15) is 0 Å². The van der Waals surface area contributed by atoms with Crippen LogP contribution in [0.5, 0.6) is 0 Å². The first-order valence-electron chi connectivity index (χ1n) is 16.2. The fourth-order valence-corrected chi connectivity index (χ4v) is 7.57. The van der Waals surface area contributed by atoms with E-state index in [2.05, 4.69) is 126 Å². The van der Waals surface area contributed by atoms with Crippen molar-refractivity contribution in [3.63, 3.8) is 0 Å². The number of para-hydroxylation sites is 2. The van der Waals surface area contributed by atoms with Crippen molar-refractivity contribution >= 4 is 64.9 Å². The highest BCUT2D eigenvalue weighted by Crippen LogP contribution is 2.47. The van der Waals surface area contributed by atoms with Gasteiger partial charge in [-0.05, 0) is 108 Å². The lowest BCUT2D eigenvalue weighted by atomic mass is 9.83. The minimum atomic E-state index is 0.990. The highest BCUT2D eigenvalue weighted by Gasteiger charge is 2.20. The molecule has 0 unspecified atom stereocenters. The molecule has 0 fully saturated rings. The average Bonchev–Trinajstić information content (AvgIpc) is 3.16. The Morgan fingerprint density at radius 1 is 0.333 bits per heavy atom. The lowest BCUT2D eigenvalue weighted by Crippen LogP contribution is -1.94. The molecular weight excluding hydrogens is 583 g/mol. The Kier molecular flexibility index (Phi) is 5.87. The maximum absolute atomic E-state index is 4.94. The van der Waals surface area contributed by atoms with Crippen LogP contribution in [0.4, 0.5) is 0 Å². The van der Waals surface area contributed by atoms with Crippen molar-refractivity contribution < 1.29 is 0 Å². The van der Waals surface area contributed by atoms with Gasteiger partial charge in [-0.2, -0.15) is 0 Å². The summed E-state index contributed by atoms with van der Waals surface area (Å²) in [5, 5.41) is 11.8. The Labute approximate surface area is 276 Å². The van der Waals surface area contributed by atoms with Crippen LogP contribution in [-0.4, -0.2) is 15.0 Å². The van der Waals surface area contributed by atoms with E-state index in [0.29, 0.717) is 0 Å². The zero-order chi connectivity index (χ0) is 31.6. The lowest BCUT2D eigenvalue weighted by molar-refractivity contribution is 1.33. The molecule has 0 N–H and O–H groups in total. The average molecular weight is 610 g/mol. The van der Waals surface area contributed by atoms with Gasteiger partial charge in [-0.25, -0.2) is 0 Å². The van der Waals surface area contributed by atoms with E-state index in [1.807, 2.05) is 43.0 Å². The molecule has 0 aliphatic heterocycles. The molecule has 0 radical (unpaired) electrons. The largest absolute Gasteiger partial charge is 0.264 e. The number of rotatable bonds is 3. The maximum atomic E-state index is 4.94. The van der Waals surface area contributed by atoms with Gasteiger partial charge < -0.3 is 0 Å². The third-order valence-electron chi connectivity index (χ3n) is 9.73. The van der Waals surface area contributed by atoms with Crippen molar-refractivity contribution in [3.8, 4) is 33.4 Å². The first kappa shape index (κ1) is 26.7. The zero-order valence-corrected chi connectivity index (χ0v) is 25.9. The van der Waals surface area contributed by atoms with Gasteiger partial charge in [0.25, 0.3) is 0 Å². The minimum Gasteiger partial charge on any atom is -0.264 e. The molecule has 0 aliphatic carbocycles. The van der Waals surface area contributed by atoms with Gasteiger partial charge in [0.2, 0.25) is 0 Å². The maximum Gasteiger partial charge on any atom is 0.0702 e. The molecule has 3 heteroatoms. The van der Waals surface area contributed by atoms with Crippen LogP contribution in [0.2, 0.25) is 0 Å². The van der Waals surface area contributed by atoms with Crippen LogP contribution in [0.1, 0.15) is 0 Å². The molecule has 222 valence electrons. The Morgan fingerprint density at radius 3 is 1.48 bits per heavy atom.